The molecule has 0 aliphatic rings. The number of hydrogen-bond donors (Lipinski definition) is 2. The molecule has 0 aliphatic carbocycles. The predicted molar refractivity (Wildman–Crippen MR) is 86.4 cm³/mol. The Balaban J connectivity index is 1.77. The molecule has 0 atom stereocenters. The first-order chi connectivity index (χ1) is 10.6. The molecule has 22 heavy (non-hydrogen) atoms. The van der Waals surface area contributed by atoms with E-state index >= 15 is 0 Å². The van der Waals surface area contributed by atoms with Crippen LogP contribution in [0.3, 0.4) is 0 Å². The highest BCUT2D eigenvalue weighted by atomic mass is 79.9. The molecule has 0 saturated heterocycles. The molecular formula is C15H12BrN5O. The van der Waals surface area contributed by atoms with Crippen LogP contribution in [0, 0.1) is 6.92 Å². The summed E-state index contributed by atoms with van der Waals surface area (Å²) in [6.45, 7) is 1.94. The van der Waals surface area contributed by atoms with Gasteiger partial charge in [0.1, 0.15) is 0 Å². The van der Waals surface area contributed by atoms with Crippen LogP contribution in [0.5, 0.6) is 0 Å². The molecule has 0 bridgehead atoms. The lowest BCUT2D eigenvalue weighted by Gasteiger charge is -2.09. The maximum atomic E-state index is 12.3. The summed E-state index contributed by atoms with van der Waals surface area (Å²) in [5.74, 6) is 0.334. The van der Waals surface area contributed by atoms with E-state index in [0.29, 0.717) is 11.4 Å². The number of aromatic nitrogens is 4. The van der Waals surface area contributed by atoms with Crippen LogP contribution in [-0.4, -0.2) is 26.5 Å². The molecule has 0 radical (unpaired) electrons. The van der Waals surface area contributed by atoms with Gasteiger partial charge in [-0.15, -0.1) is 10.2 Å². The second-order valence-electron chi connectivity index (χ2n) is 4.73. The van der Waals surface area contributed by atoms with Crippen LogP contribution in [0.4, 0.5) is 5.69 Å². The molecule has 3 aromatic rings. The molecule has 7 heteroatoms. The second-order valence-corrected chi connectivity index (χ2v) is 5.64. The molecule has 110 valence electrons. The van der Waals surface area contributed by atoms with E-state index in [1.165, 1.54) is 0 Å². The zero-order chi connectivity index (χ0) is 15.5. The fourth-order valence-electron chi connectivity index (χ4n) is 2.02. The van der Waals surface area contributed by atoms with Crippen molar-refractivity contribution in [3.63, 3.8) is 0 Å². The summed E-state index contributed by atoms with van der Waals surface area (Å²) >= 11 is 3.40. The van der Waals surface area contributed by atoms with Crippen LogP contribution in [0.1, 0.15) is 15.9 Å². The lowest BCUT2D eigenvalue weighted by molar-refractivity contribution is 0.102. The number of halogens is 1. The Kier molecular flexibility index (Phi) is 3.97. The number of H-pyrrole nitrogens is 1. The third-order valence-electron chi connectivity index (χ3n) is 3.19. The smallest absolute Gasteiger partial charge is 0.255 e. The molecule has 2 aromatic carbocycles. The van der Waals surface area contributed by atoms with Gasteiger partial charge in [-0.3, -0.25) is 4.79 Å². The van der Waals surface area contributed by atoms with E-state index in [2.05, 4.69) is 41.9 Å². The number of carbonyl (C=O) groups is 1. The van der Waals surface area contributed by atoms with Gasteiger partial charge >= 0.3 is 0 Å². The van der Waals surface area contributed by atoms with Gasteiger partial charge in [0.2, 0.25) is 5.82 Å². The van der Waals surface area contributed by atoms with Gasteiger partial charge in [0.15, 0.2) is 0 Å². The Labute approximate surface area is 135 Å². The van der Waals surface area contributed by atoms with E-state index in [4.69, 9.17) is 0 Å². The molecule has 0 saturated carbocycles. The molecular weight excluding hydrogens is 346 g/mol. The molecule has 1 amide bonds. The van der Waals surface area contributed by atoms with E-state index in [1.54, 1.807) is 24.3 Å². The van der Waals surface area contributed by atoms with Gasteiger partial charge in [-0.05, 0) is 48.0 Å². The quantitative estimate of drug-likeness (QED) is 0.753. The number of carbonyl (C=O) groups excluding carboxylic acids is 1. The number of aryl methyl sites for hydroxylation is 1. The first-order valence-electron chi connectivity index (χ1n) is 6.55. The number of amides is 1. The molecule has 1 aromatic heterocycles. The second kappa shape index (κ2) is 6.07. The average molecular weight is 358 g/mol. The summed E-state index contributed by atoms with van der Waals surface area (Å²) < 4.78 is 0.979. The number of anilines is 1. The Morgan fingerprint density at radius 3 is 2.59 bits per heavy atom. The number of hydrogen-bond acceptors (Lipinski definition) is 4. The van der Waals surface area contributed by atoms with Crippen LogP contribution in [-0.2, 0) is 0 Å². The third-order valence-corrected chi connectivity index (χ3v) is 3.68. The summed E-state index contributed by atoms with van der Waals surface area (Å²) in [4.78, 5) is 12.3. The van der Waals surface area contributed by atoms with E-state index in [1.807, 2.05) is 25.1 Å². The molecule has 0 aliphatic heterocycles. The van der Waals surface area contributed by atoms with E-state index in [9.17, 15) is 4.79 Å². The zero-order valence-electron chi connectivity index (χ0n) is 11.7. The van der Waals surface area contributed by atoms with E-state index < -0.39 is 0 Å². The number of benzene rings is 2. The summed E-state index contributed by atoms with van der Waals surface area (Å²) in [5, 5.41) is 16.6. The SMILES string of the molecule is Cc1cc(Br)ccc1NC(=O)c1ccc(-c2nn[nH]n2)cc1. The van der Waals surface area contributed by atoms with Crippen LogP contribution in [0.15, 0.2) is 46.9 Å². The highest BCUT2D eigenvalue weighted by Gasteiger charge is 2.09. The number of nitrogens with zero attached hydrogens (tertiary/aromatic N) is 3. The fourth-order valence-corrected chi connectivity index (χ4v) is 2.49. The number of aromatic amines is 1. The van der Waals surface area contributed by atoms with Crippen molar-refractivity contribution in [2.75, 3.05) is 5.32 Å². The Morgan fingerprint density at radius 1 is 1.18 bits per heavy atom. The van der Waals surface area contributed by atoms with Crippen molar-refractivity contribution in [1.82, 2.24) is 20.6 Å². The van der Waals surface area contributed by atoms with Gasteiger partial charge in [-0.2, -0.15) is 5.21 Å². The van der Waals surface area contributed by atoms with Crippen LogP contribution >= 0.6 is 15.9 Å². The largest absolute Gasteiger partial charge is 0.322 e. The van der Waals surface area contributed by atoms with Gasteiger partial charge in [-0.25, -0.2) is 0 Å². The lowest BCUT2D eigenvalue weighted by Crippen LogP contribution is -2.12. The zero-order valence-corrected chi connectivity index (χ0v) is 13.3. The standard InChI is InChI=1S/C15H12BrN5O/c1-9-8-12(16)6-7-13(9)17-15(22)11-4-2-10(3-5-11)14-18-20-21-19-14/h2-8H,1H3,(H,17,22)(H,18,19,20,21). The van der Waals surface area contributed by atoms with Crippen molar-refractivity contribution in [1.29, 1.82) is 0 Å². The van der Waals surface area contributed by atoms with Gasteiger partial charge in [-0.1, -0.05) is 28.1 Å². The predicted octanol–water partition coefficient (Wildman–Crippen LogP) is 3.19. The highest BCUT2D eigenvalue weighted by molar-refractivity contribution is 9.10. The number of nitrogens with one attached hydrogen (secondary N) is 2. The Morgan fingerprint density at radius 2 is 1.95 bits per heavy atom. The molecule has 2 N–H and O–H groups in total. The molecule has 0 unspecified atom stereocenters. The Hall–Kier alpha value is -2.54. The van der Waals surface area contributed by atoms with Gasteiger partial charge in [0.25, 0.3) is 5.91 Å². The molecule has 1 heterocycles. The molecule has 3 rings (SSSR count). The minimum absolute atomic E-state index is 0.162. The first-order valence-corrected chi connectivity index (χ1v) is 7.34. The fraction of sp³-hybridized carbons (Fsp3) is 0.0667. The summed E-state index contributed by atoms with van der Waals surface area (Å²) in [6.07, 6.45) is 0. The Bertz CT molecular complexity index is 799. The van der Waals surface area contributed by atoms with Gasteiger partial charge in [0.05, 0.1) is 0 Å². The monoisotopic (exact) mass is 357 g/mol. The molecule has 0 fully saturated rings. The normalized spacial score (nSPS) is 10.5. The third kappa shape index (κ3) is 3.04. The lowest BCUT2D eigenvalue weighted by atomic mass is 10.1. The van der Waals surface area contributed by atoms with Crippen LogP contribution in [0.25, 0.3) is 11.4 Å². The van der Waals surface area contributed by atoms with Crippen LogP contribution in [0.2, 0.25) is 0 Å². The minimum Gasteiger partial charge on any atom is -0.322 e. The van der Waals surface area contributed by atoms with Crippen molar-refractivity contribution >= 4 is 27.5 Å². The van der Waals surface area contributed by atoms with Crippen molar-refractivity contribution in [3.8, 4) is 11.4 Å². The van der Waals surface area contributed by atoms with Crippen molar-refractivity contribution in [3.05, 3.63) is 58.1 Å². The minimum atomic E-state index is -0.162. The molecule has 6 nitrogen and oxygen atoms in total. The van der Waals surface area contributed by atoms with Gasteiger partial charge in [0, 0.05) is 21.3 Å². The maximum Gasteiger partial charge on any atom is 0.255 e. The topological polar surface area (TPSA) is 83.6 Å². The molecule has 0 spiro atoms. The first kappa shape index (κ1) is 14.4. The summed E-state index contributed by atoms with van der Waals surface area (Å²) in [5.41, 5.74) is 3.14. The average Bonchev–Trinajstić information content (AvgIpc) is 3.04. The van der Waals surface area contributed by atoms with E-state index in [0.717, 1.165) is 21.3 Å². The van der Waals surface area contributed by atoms with Crippen LogP contribution < -0.4 is 5.32 Å². The maximum absolute atomic E-state index is 12.3. The highest BCUT2D eigenvalue weighted by Crippen LogP contribution is 2.21. The summed E-state index contributed by atoms with van der Waals surface area (Å²) in [6, 6.07) is 12.7. The number of rotatable bonds is 3. The van der Waals surface area contributed by atoms with Crippen molar-refractivity contribution in [2.45, 2.75) is 6.92 Å². The van der Waals surface area contributed by atoms with Crippen molar-refractivity contribution in [2.24, 2.45) is 0 Å². The van der Waals surface area contributed by atoms with Crippen molar-refractivity contribution < 1.29 is 4.79 Å². The summed E-state index contributed by atoms with van der Waals surface area (Å²) in [7, 11) is 0. The van der Waals surface area contributed by atoms with E-state index in [-0.39, 0.29) is 5.91 Å². The number of tetrazole rings is 1. The van der Waals surface area contributed by atoms with Gasteiger partial charge < -0.3 is 5.32 Å².